The molecule has 0 unspecified atom stereocenters. The van der Waals surface area contributed by atoms with Gasteiger partial charge in [-0.25, -0.2) is 19.6 Å². The van der Waals surface area contributed by atoms with Crippen LogP contribution in [0.1, 0.15) is 0 Å². The van der Waals surface area contributed by atoms with Gasteiger partial charge in [0.15, 0.2) is 11.5 Å². The summed E-state index contributed by atoms with van der Waals surface area (Å²) in [6.45, 7) is 0. The fourth-order valence-electron chi connectivity index (χ4n) is 2.78. The number of aromatic nitrogens is 7. The quantitative estimate of drug-likeness (QED) is 0.406. The second-order valence-electron chi connectivity index (χ2n) is 5.88. The Labute approximate surface area is 172 Å². The van der Waals surface area contributed by atoms with Gasteiger partial charge in [-0.15, -0.1) is 5.10 Å². The third kappa shape index (κ3) is 3.19. The summed E-state index contributed by atoms with van der Waals surface area (Å²) in [5.41, 5.74) is 2.65. The van der Waals surface area contributed by atoms with Crippen molar-refractivity contribution >= 4 is 38.7 Å². The summed E-state index contributed by atoms with van der Waals surface area (Å²) in [5, 5.41) is 14.0. The minimum absolute atomic E-state index is 0.588. The average Bonchev–Trinajstić information content (AvgIpc) is 3.37. The third-order valence-corrected chi connectivity index (χ3v) is 5.51. The van der Waals surface area contributed by atoms with Crippen LogP contribution < -0.4 is 0 Å². The molecular formula is C19H12BrN7S. The molecule has 0 aliphatic rings. The van der Waals surface area contributed by atoms with E-state index in [-0.39, 0.29) is 0 Å². The van der Waals surface area contributed by atoms with Crippen molar-refractivity contribution < 1.29 is 0 Å². The number of para-hydroxylation sites is 1. The fraction of sp³-hybridized carbons (Fsp3) is 0. The lowest BCUT2D eigenvalue weighted by molar-refractivity contribution is 0.893. The molecule has 136 valence electrons. The molecular weight excluding hydrogens is 438 g/mol. The van der Waals surface area contributed by atoms with E-state index in [0.717, 1.165) is 31.8 Å². The summed E-state index contributed by atoms with van der Waals surface area (Å²) in [4.78, 5) is 13.4. The Hall–Kier alpha value is -3.04. The number of rotatable bonds is 4. The highest BCUT2D eigenvalue weighted by Crippen LogP contribution is 2.30. The lowest BCUT2D eigenvalue weighted by Crippen LogP contribution is -1.97. The SMILES string of the molecule is Brc1ccc(-c2nc(Sc3ncnc4c3cnn4-c3ccccc3)n[nH]2)cc1. The molecule has 0 atom stereocenters. The summed E-state index contributed by atoms with van der Waals surface area (Å²) in [7, 11) is 0. The van der Waals surface area contributed by atoms with E-state index in [1.807, 2.05) is 54.6 Å². The second kappa shape index (κ2) is 7.17. The zero-order valence-electron chi connectivity index (χ0n) is 14.3. The van der Waals surface area contributed by atoms with Crippen LogP contribution in [0.25, 0.3) is 28.1 Å². The molecule has 0 saturated heterocycles. The smallest absolute Gasteiger partial charge is 0.215 e. The van der Waals surface area contributed by atoms with Gasteiger partial charge in [-0.1, -0.05) is 46.3 Å². The van der Waals surface area contributed by atoms with Crippen LogP contribution >= 0.6 is 27.7 Å². The summed E-state index contributed by atoms with van der Waals surface area (Å²) in [6.07, 6.45) is 3.31. The van der Waals surface area contributed by atoms with Crippen LogP contribution in [0.4, 0.5) is 0 Å². The van der Waals surface area contributed by atoms with E-state index >= 15 is 0 Å². The van der Waals surface area contributed by atoms with Crippen LogP contribution in [0.3, 0.4) is 0 Å². The van der Waals surface area contributed by atoms with Crippen molar-refractivity contribution in [1.82, 2.24) is 34.9 Å². The predicted octanol–water partition coefficient (Wildman–Crippen LogP) is 4.51. The van der Waals surface area contributed by atoms with Crippen LogP contribution in [0, 0.1) is 0 Å². The number of halogens is 1. The average molecular weight is 450 g/mol. The molecule has 7 nitrogen and oxygen atoms in total. The van der Waals surface area contributed by atoms with Gasteiger partial charge < -0.3 is 0 Å². The van der Waals surface area contributed by atoms with E-state index in [1.165, 1.54) is 18.1 Å². The number of hydrogen-bond donors (Lipinski definition) is 1. The van der Waals surface area contributed by atoms with E-state index in [4.69, 9.17) is 0 Å². The molecule has 3 aromatic heterocycles. The van der Waals surface area contributed by atoms with Crippen LogP contribution in [0.15, 0.2) is 81.8 Å². The molecule has 0 spiro atoms. The van der Waals surface area contributed by atoms with Crippen LogP contribution in [-0.4, -0.2) is 34.9 Å². The van der Waals surface area contributed by atoms with Gasteiger partial charge in [0.05, 0.1) is 17.3 Å². The molecule has 0 radical (unpaired) electrons. The standard InChI is InChI=1S/C19H12BrN7S/c20-13-8-6-12(7-9-13)16-24-19(26-25-16)28-18-15-10-23-27(17(15)21-11-22-18)14-4-2-1-3-5-14/h1-11H,(H,24,25,26). The monoisotopic (exact) mass is 449 g/mol. The zero-order valence-corrected chi connectivity index (χ0v) is 16.7. The maximum absolute atomic E-state index is 4.57. The number of nitrogens with zero attached hydrogens (tertiary/aromatic N) is 6. The first-order valence-electron chi connectivity index (χ1n) is 8.38. The Balaban J connectivity index is 1.48. The predicted molar refractivity (Wildman–Crippen MR) is 110 cm³/mol. The van der Waals surface area contributed by atoms with E-state index in [0.29, 0.717) is 11.0 Å². The molecule has 0 saturated carbocycles. The molecule has 0 bridgehead atoms. The van der Waals surface area contributed by atoms with Crippen molar-refractivity contribution in [3.8, 4) is 17.1 Å². The van der Waals surface area contributed by atoms with Gasteiger partial charge >= 0.3 is 0 Å². The van der Waals surface area contributed by atoms with Gasteiger partial charge in [0.25, 0.3) is 0 Å². The van der Waals surface area contributed by atoms with Gasteiger partial charge in [0, 0.05) is 10.0 Å². The van der Waals surface area contributed by atoms with Crippen molar-refractivity contribution in [3.63, 3.8) is 0 Å². The molecule has 0 fully saturated rings. The highest BCUT2D eigenvalue weighted by molar-refractivity contribution is 9.10. The van der Waals surface area contributed by atoms with Crippen LogP contribution in [0.5, 0.6) is 0 Å². The Kier molecular flexibility index (Phi) is 4.38. The molecule has 9 heteroatoms. The van der Waals surface area contributed by atoms with Crippen molar-refractivity contribution in [2.75, 3.05) is 0 Å². The third-order valence-electron chi connectivity index (χ3n) is 4.10. The Morgan fingerprint density at radius 1 is 0.964 bits per heavy atom. The Bertz CT molecular complexity index is 1250. The number of hydrogen-bond acceptors (Lipinski definition) is 6. The van der Waals surface area contributed by atoms with Crippen molar-refractivity contribution in [2.45, 2.75) is 10.2 Å². The molecule has 2 aromatic carbocycles. The van der Waals surface area contributed by atoms with E-state index in [2.05, 4.69) is 46.2 Å². The molecule has 28 heavy (non-hydrogen) atoms. The summed E-state index contributed by atoms with van der Waals surface area (Å²) >= 11 is 4.81. The fourth-order valence-corrected chi connectivity index (χ4v) is 3.80. The topological polar surface area (TPSA) is 85.2 Å². The van der Waals surface area contributed by atoms with Gasteiger partial charge in [-0.3, -0.25) is 5.10 Å². The lowest BCUT2D eigenvalue weighted by atomic mass is 10.2. The number of nitrogens with one attached hydrogen (secondary N) is 1. The normalized spacial score (nSPS) is 11.2. The van der Waals surface area contributed by atoms with E-state index < -0.39 is 0 Å². The van der Waals surface area contributed by atoms with Gasteiger partial charge in [0.2, 0.25) is 5.16 Å². The maximum Gasteiger partial charge on any atom is 0.215 e. The van der Waals surface area contributed by atoms with E-state index in [9.17, 15) is 0 Å². The van der Waals surface area contributed by atoms with Crippen LogP contribution in [0.2, 0.25) is 0 Å². The molecule has 5 rings (SSSR count). The second-order valence-corrected chi connectivity index (χ2v) is 7.76. The van der Waals surface area contributed by atoms with Gasteiger partial charge in [0.1, 0.15) is 11.4 Å². The first kappa shape index (κ1) is 17.1. The lowest BCUT2D eigenvalue weighted by Gasteiger charge is -2.02. The Morgan fingerprint density at radius 2 is 1.79 bits per heavy atom. The number of fused-ring (bicyclic) bond motifs is 1. The molecule has 0 aliphatic carbocycles. The maximum atomic E-state index is 4.57. The van der Waals surface area contributed by atoms with Crippen molar-refractivity contribution in [2.24, 2.45) is 0 Å². The van der Waals surface area contributed by atoms with E-state index in [1.54, 1.807) is 10.9 Å². The summed E-state index contributed by atoms with van der Waals surface area (Å²) in [5.74, 6) is 0.709. The van der Waals surface area contributed by atoms with Gasteiger partial charge in [-0.2, -0.15) is 5.10 Å². The number of aromatic amines is 1. The molecule has 5 aromatic rings. The van der Waals surface area contributed by atoms with Crippen molar-refractivity contribution in [3.05, 3.63) is 71.6 Å². The molecule has 0 aliphatic heterocycles. The molecule has 1 N–H and O–H groups in total. The molecule has 3 heterocycles. The van der Waals surface area contributed by atoms with Crippen molar-refractivity contribution in [1.29, 1.82) is 0 Å². The largest absolute Gasteiger partial charge is 0.258 e. The van der Waals surface area contributed by atoms with Crippen LogP contribution in [-0.2, 0) is 0 Å². The minimum atomic E-state index is 0.588. The highest BCUT2D eigenvalue weighted by Gasteiger charge is 2.14. The summed E-state index contributed by atoms with van der Waals surface area (Å²) in [6, 6.07) is 17.8. The Morgan fingerprint density at radius 3 is 2.61 bits per heavy atom. The highest BCUT2D eigenvalue weighted by atomic mass is 79.9. The number of benzene rings is 2. The molecule has 0 amide bonds. The first-order chi connectivity index (χ1) is 13.8. The van der Waals surface area contributed by atoms with Gasteiger partial charge in [-0.05, 0) is 36.0 Å². The zero-order chi connectivity index (χ0) is 18.9. The minimum Gasteiger partial charge on any atom is -0.258 e. The number of H-pyrrole nitrogens is 1. The summed E-state index contributed by atoms with van der Waals surface area (Å²) < 4.78 is 2.82. The first-order valence-corrected chi connectivity index (χ1v) is 9.99.